The molecule has 0 bridgehead atoms. The lowest BCUT2D eigenvalue weighted by Gasteiger charge is -2.29. The molecule has 0 aromatic heterocycles. The third-order valence-corrected chi connectivity index (χ3v) is 2.91. The minimum atomic E-state index is -0.971. The Balaban J connectivity index is 4.70. The number of hydrogen-bond acceptors (Lipinski definition) is 3. The Labute approximate surface area is 97.2 Å². The second-order valence-corrected chi connectivity index (χ2v) is 4.55. The van der Waals surface area contributed by atoms with Gasteiger partial charge in [-0.15, -0.1) is 0 Å². The summed E-state index contributed by atoms with van der Waals surface area (Å²) < 4.78 is 0. The maximum Gasteiger partial charge on any atom is 0.242 e. The van der Waals surface area contributed by atoms with Crippen molar-refractivity contribution in [2.75, 3.05) is 7.05 Å². The second-order valence-electron chi connectivity index (χ2n) is 4.55. The van der Waals surface area contributed by atoms with Gasteiger partial charge in [-0.3, -0.25) is 9.59 Å². The van der Waals surface area contributed by atoms with Crippen LogP contribution in [-0.4, -0.2) is 30.4 Å². The molecule has 5 heteroatoms. The Hall–Kier alpha value is -1.10. The Morgan fingerprint density at radius 1 is 1.38 bits per heavy atom. The van der Waals surface area contributed by atoms with Crippen LogP contribution >= 0.6 is 0 Å². The summed E-state index contributed by atoms with van der Waals surface area (Å²) >= 11 is 0. The van der Waals surface area contributed by atoms with Gasteiger partial charge >= 0.3 is 0 Å². The first-order valence-electron chi connectivity index (χ1n) is 5.57. The van der Waals surface area contributed by atoms with E-state index in [0.717, 1.165) is 0 Å². The van der Waals surface area contributed by atoms with Crippen LogP contribution in [0.4, 0.5) is 0 Å². The molecule has 0 aromatic carbocycles. The molecule has 0 aliphatic heterocycles. The molecule has 4 N–H and O–H groups in total. The first-order chi connectivity index (χ1) is 7.28. The zero-order valence-corrected chi connectivity index (χ0v) is 10.8. The predicted molar refractivity (Wildman–Crippen MR) is 63.7 cm³/mol. The molecule has 0 rings (SSSR count). The number of carbonyl (C=O) groups excluding carboxylic acids is 2. The number of nitrogens with two attached hydrogens (primary N) is 1. The molecule has 0 aromatic rings. The van der Waals surface area contributed by atoms with Gasteiger partial charge in [0.1, 0.15) is 5.54 Å². The topological polar surface area (TPSA) is 84.2 Å². The molecule has 2 atom stereocenters. The highest BCUT2D eigenvalue weighted by atomic mass is 16.2. The number of hydrogen-bond donors (Lipinski definition) is 3. The van der Waals surface area contributed by atoms with E-state index in [9.17, 15) is 9.59 Å². The van der Waals surface area contributed by atoms with Gasteiger partial charge in [-0.2, -0.15) is 0 Å². The van der Waals surface area contributed by atoms with Gasteiger partial charge in [0.05, 0.1) is 6.04 Å². The minimum absolute atomic E-state index is 0.152. The number of nitrogens with one attached hydrogen (secondary N) is 2. The van der Waals surface area contributed by atoms with E-state index in [-0.39, 0.29) is 17.9 Å². The fraction of sp³-hybridized carbons (Fsp3) is 0.818. The van der Waals surface area contributed by atoms with Crippen LogP contribution in [0.3, 0.4) is 0 Å². The zero-order valence-electron chi connectivity index (χ0n) is 10.8. The van der Waals surface area contributed by atoms with Crippen LogP contribution in [0.1, 0.15) is 34.1 Å². The smallest absolute Gasteiger partial charge is 0.242 e. The van der Waals surface area contributed by atoms with Crippen LogP contribution in [0.5, 0.6) is 0 Å². The lowest BCUT2D eigenvalue weighted by molar-refractivity contribution is -0.132. The lowest BCUT2D eigenvalue weighted by Crippen LogP contribution is -2.59. The highest BCUT2D eigenvalue weighted by Gasteiger charge is 2.33. The molecule has 2 amide bonds. The van der Waals surface area contributed by atoms with Gasteiger partial charge in [0, 0.05) is 0 Å². The van der Waals surface area contributed by atoms with Gasteiger partial charge in [0.2, 0.25) is 11.8 Å². The summed E-state index contributed by atoms with van der Waals surface area (Å²) in [4.78, 5) is 23.2. The molecule has 0 heterocycles. The van der Waals surface area contributed by atoms with Crippen molar-refractivity contribution < 1.29 is 9.59 Å². The van der Waals surface area contributed by atoms with E-state index in [1.54, 1.807) is 14.0 Å². The fourth-order valence-corrected chi connectivity index (χ4v) is 1.44. The van der Waals surface area contributed by atoms with E-state index < -0.39 is 11.4 Å². The van der Waals surface area contributed by atoms with Crippen molar-refractivity contribution in [1.82, 2.24) is 10.6 Å². The third-order valence-electron chi connectivity index (χ3n) is 2.91. The van der Waals surface area contributed by atoms with Gasteiger partial charge in [0.25, 0.3) is 0 Å². The average molecular weight is 229 g/mol. The highest BCUT2D eigenvalue weighted by molar-refractivity contribution is 5.91. The molecule has 0 aliphatic rings. The first-order valence-corrected chi connectivity index (χ1v) is 5.57. The molecular weight excluding hydrogens is 206 g/mol. The van der Waals surface area contributed by atoms with Crippen LogP contribution in [0.25, 0.3) is 0 Å². The Bertz CT molecular complexity index is 266. The van der Waals surface area contributed by atoms with Crippen molar-refractivity contribution in [3.8, 4) is 0 Å². The van der Waals surface area contributed by atoms with Gasteiger partial charge in [-0.05, 0) is 26.3 Å². The van der Waals surface area contributed by atoms with Gasteiger partial charge in [0.15, 0.2) is 0 Å². The Morgan fingerprint density at radius 2 is 1.88 bits per heavy atom. The van der Waals surface area contributed by atoms with Crippen LogP contribution in [-0.2, 0) is 9.59 Å². The molecule has 0 saturated carbocycles. The third kappa shape index (κ3) is 3.48. The Kier molecular flexibility index (Phi) is 5.44. The van der Waals surface area contributed by atoms with Crippen LogP contribution in [0, 0.1) is 5.92 Å². The number of amides is 2. The number of likely N-dealkylation sites (N-methyl/N-ethyl adjacent to an activating group) is 1. The van der Waals surface area contributed by atoms with E-state index in [0.29, 0.717) is 6.42 Å². The molecule has 16 heavy (non-hydrogen) atoms. The quantitative estimate of drug-likeness (QED) is 0.599. The van der Waals surface area contributed by atoms with Crippen molar-refractivity contribution in [2.45, 2.75) is 45.7 Å². The molecule has 0 spiro atoms. The van der Waals surface area contributed by atoms with Crippen molar-refractivity contribution in [1.29, 1.82) is 0 Å². The van der Waals surface area contributed by atoms with E-state index >= 15 is 0 Å². The minimum Gasteiger partial charge on any atom is -0.368 e. The van der Waals surface area contributed by atoms with Gasteiger partial charge in [-0.1, -0.05) is 20.8 Å². The number of rotatable bonds is 6. The summed E-state index contributed by atoms with van der Waals surface area (Å²) in [5.74, 6) is -0.554. The van der Waals surface area contributed by atoms with Crippen LogP contribution in [0.2, 0.25) is 0 Å². The maximum atomic E-state index is 11.9. The van der Waals surface area contributed by atoms with Crippen LogP contribution < -0.4 is 16.4 Å². The van der Waals surface area contributed by atoms with Crippen molar-refractivity contribution in [3.63, 3.8) is 0 Å². The van der Waals surface area contributed by atoms with Gasteiger partial charge in [-0.25, -0.2) is 0 Å². The fourth-order valence-electron chi connectivity index (χ4n) is 1.44. The average Bonchev–Trinajstić information content (AvgIpc) is 2.17. The standard InChI is InChI=1S/C11H23N3O2/c1-6-11(4,10(12)16)14-9(15)8(13-5)7(2)3/h7-8,13H,6H2,1-5H3,(H2,12,16)(H,14,15)/t8-,11?/m0/s1. The van der Waals surface area contributed by atoms with Crippen molar-refractivity contribution in [3.05, 3.63) is 0 Å². The van der Waals surface area contributed by atoms with E-state index in [1.807, 2.05) is 20.8 Å². The summed E-state index contributed by atoms with van der Waals surface area (Å²) in [5.41, 5.74) is 4.30. The SMILES string of the molecule is CCC(C)(NC(=O)[C@@H](NC)C(C)C)C(N)=O. The predicted octanol–water partition coefficient (Wildman–Crippen LogP) is 0.000600. The van der Waals surface area contributed by atoms with Crippen molar-refractivity contribution in [2.24, 2.45) is 11.7 Å². The molecular formula is C11H23N3O2. The number of carbonyl (C=O) groups is 2. The largest absolute Gasteiger partial charge is 0.368 e. The zero-order chi connectivity index (χ0) is 12.9. The summed E-state index contributed by atoms with van der Waals surface area (Å²) in [6.07, 6.45) is 0.475. The number of primary amides is 1. The summed E-state index contributed by atoms with van der Waals surface area (Å²) in [6, 6.07) is -0.315. The van der Waals surface area contributed by atoms with E-state index in [4.69, 9.17) is 5.73 Å². The normalized spacial score (nSPS) is 16.6. The second kappa shape index (κ2) is 5.84. The molecule has 0 aliphatic carbocycles. The maximum absolute atomic E-state index is 11.9. The first kappa shape index (κ1) is 14.9. The molecule has 0 fully saturated rings. The van der Waals surface area contributed by atoms with E-state index in [2.05, 4.69) is 10.6 Å². The molecule has 94 valence electrons. The van der Waals surface area contributed by atoms with Crippen LogP contribution in [0.15, 0.2) is 0 Å². The summed E-state index contributed by atoms with van der Waals surface area (Å²) in [7, 11) is 1.72. The summed E-state index contributed by atoms with van der Waals surface area (Å²) in [5, 5.41) is 5.62. The Morgan fingerprint density at radius 3 is 2.12 bits per heavy atom. The van der Waals surface area contributed by atoms with Crippen molar-refractivity contribution >= 4 is 11.8 Å². The van der Waals surface area contributed by atoms with E-state index in [1.165, 1.54) is 0 Å². The monoisotopic (exact) mass is 229 g/mol. The molecule has 0 saturated heterocycles. The summed E-state index contributed by atoms with van der Waals surface area (Å²) in [6.45, 7) is 7.33. The molecule has 1 unspecified atom stereocenters. The highest BCUT2D eigenvalue weighted by Crippen LogP contribution is 2.10. The molecule has 0 radical (unpaired) electrons. The van der Waals surface area contributed by atoms with Gasteiger partial charge < -0.3 is 16.4 Å². The lowest BCUT2D eigenvalue weighted by atomic mass is 9.96. The molecule has 5 nitrogen and oxygen atoms in total.